The fourth-order valence-corrected chi connectivity index (χ4v) is 0.930. The Bertz CT molecular complexity index is 546. The van der Waals surface area contributed by atoms with E-state index in [-0.39, 0.29) is 18.2 Å². The maximum Gasteiger partial charge on any atom is 0.371 e. The quantitative estimate of drug-likeness (QED) is 0.333. The molecule has 98 valence electrons. The van der Waals surface area contributed by atoms with Crippen molar-refractivity contribution in [2.45, 2.75) is 6.92 Å². The number of carbonyl (C=O) groups is 1. The van der Waals surface area contributed by atoms with Crippen molar-refractivity contribution >= 4 is 17.4 Å². The van der Waals surface area contributed by atoms with E-state index in [1.54, 1.807) is 6.92 Å². The Kier molecular flexibility index (Phi) is 4.92. The Morgan fingerprint density at radius 1 is 1.63 bits per heavy atom. The predicted molar refractivity (Wildman–Crippen MR) is 61.2 cm³/mol. The molecule has 1 aromatic heterocycles. The van der Waals surface area contributed by atoms with Crippen molar-refractivity contribution in [2.75, 3.05) is 6.61 Å². The molecule has 1 rings (SSSR count). The molecule has 0 saturated heterocycles. The van der Waals surface area contributed by atoms with Crippen LogP contribution in [0.25, 0.3) is 0 Å². The number of pyridine rings is 1. The summed E-state index contributed by atoms with van der Waals surface area (Å²) in [5.41, 5.74) is -0.802. The second-order valence-corrected chi connectivity index (χ2v) is 2.98. The number of esters is 1. The van der Waals surface area contributed by atoms with Gasteiger partial charge in [-0.3, -0.25) is 10.1 Å². The second-order valence-electron chi connectivity index (χ2n) is 2.98. The van der Waals surface area contributed by atoms with Crippen molar-refractivity contribution in [1.29, 1.82) is 5.26 Å². The van der Waals surface area contributed by atoms with Gasteiger partial charge in [-0.15, -0.1) is 0 Å². The van der Waals surface area contributed by atoms with Gasteiger partial charge in [-0.2, -0.15) is 5.26 Å². The maximum absolute atomic E-state index is 11.2. The van der Waals surface area contributed by atoms with Gasteiger partial charge < -0.3 is 9.57 Å². The predicted octanol–water partition coefficient (Wildman–Crippen LogP) is 0.811. The van der Waals surface area contributed by atoms with E-state index in [2.05, 4.69) is 14.9 Å². The van der Waals surface area contributed by atoms with Gasteiger partial charge in [-0.1, -0.05) is 5.16 Å². The number of ether oxygens (including phenoxy) is 1. The van der Waals surface area contributed by atoms with Crippen LogP contribution in [-0.2, 0) is 9.53 Å². The van der Waals surface area contributed by atoms with Crippen LogP contribution in [0.3, 0.4) is 0 Å². The van der Waals surface area contributed by atoms with E-state index in [9.17, 15) is 14.9 Å². The molecule has 0 radical (unpaired) electrons. The van der Waals surface area contributed by atoms with Crippen LogP contribution in [0, 0.1) is 21.4 Å². The van der Waals surface area contributed by atoms with Gasteiger partial charge in [-0.25, -0.2) is 9.78 Å². The number of aromatic nitrogens is 1. The molecule has 0 spiro atoms. The zero-order valence-electron chi connectivity index (χ0n) is 9.77. The summed E-state index contributed by atoms with van der Waals surface area (Å²) < 4.78 is 4.55. The van der Waals surface area contributed by atoms with Crippen molar-refractivity contribution in [3.63, 3.8) is 0 Å². The van der Waals surface area contributed by atoms with Crippen molar-refractivity contribution in [3.8, 4) is 11.9 Å². The molecule has 0 fully saturated rings. The van der Waals surface area contributed by atoms with E-state index >= 15 is 0 Å². The standard InChI is InChI=1S/C10H8N4O5/c1-2-18-10(15)8(5-11)13-19-9-4-3-7(6-12-9)14(16)17/h3-4,6H,2H2,1H3. The highest BCUT2D eigenvalue weighted by Crippen LogP contribution is 2.13. The van der Waals surface area contributed by atoms with Crippen LogP contribution in [0.5, 0.6) is 5.88 Å². The molecule has 0 unspecified atom stereocenters. The summed E-state index contributed by atoms with van der Waals surface area (Å²) >= 11 is 0. The van der Waals surface area contributed by atoms with Gasteiger partial charge in [0.2, 0.25) is 5.88 Å². The lowest BCUT2D eigenvalue weighted by Crippen LogP contribution is -2.16. The summed E-state index contributed by atoms with van der Waals surface area (Å²) in [6, 6.07) is 3.83. The van der Waals surface area contributed by atoms with Crippen LogP contribution >= 0.6 is 0 Å². The molecule has 0 atom stereocenters. The summed E-state index contributed by atoms with van der Waals surface area (Å²) in [5, 5.41) is 22.3. The average Bonchev–Trinajstić information content (AvgIpc) is 2.40. The Hall–Kier alpha value is -3.02. The van der Waals surface area contributed by atoms with Crippen molar-refractivity contribution in [1.82, 2.24) is 4.98 Å². The fourth-order valence-electron chi connectivity index (χ4n) is 0.930. The van der Waals surface area contributed by atoms with Crippen molar-refractivity contribution < 1.29 is 19.3 Å². The third-order valence-electron chi connectivity index (χ3n) is 1.74. The molecule has 1 heterocycles. The van der Waals surface area contributed by atoms with Crippen LogP contribution in [-0.4, -0.2) is 28.2 Å². The minimum atomic E-state index is -0.924. The van der Waals surface area contributed by atoms with E-state index in [1.165, 1.54) is 12.1 Å². The van der Waals surface area contributed by atoms with Crippen LogP contribution in [0.15, 0.2) is 23.5 Å². The highest BCUT2D eigenvalue weighted by Gasteiger charge is 2.13. The highest BCUT2D eigenvalue weighted by atomic mass is 16.6. The molecule has 1 aromatic rings. The third-order valence-corrected chi connectivity index (χ3v) is 1.74. The number of carbonyl (C=O) groups excluding carboxylic acids is 1. The number of rotatable bonds is 5. The van der Waals surface area contributed by atoms with Gasteiger partial charge in [0, 0.05) is 12.1 Å². The monoisotopic (exact) mass is 264 g/mol. The molecule has 0 N–H and O–H groups in total. The summed E-state index contributed by atoms with van der Waals surface area (Å²) in [7, 11) is 0. The lowest BCUT2D eigenvalue weighted by molar-refractivity contribution is -0.385. The van der Waals surface area contributed by atoms with Gasteiger partial charge in [0.1, 0.15) is 12.3 Å². The molecule has 0 aliphatic carbocycles. The van der Waals surface area contributed by atoms with Crippen LogP contribution < -0.4 is 4.84 Å². The lowest BCUT2D eigenvalue weighted by Gasteiger charge is -1.99. The largest absolute Gasteiger partial charge is 0.461 e. The molecule has 0 saturated carbocycles. The topological polar surface area (TPSA) is 128 Å². The van der Waals surface area contributed by atoms with Crippen LogP contribution in [0.4, 0.5) is 5.69 Å². The SMILES string of the molecule is CCOC(=O)C(C#N)=NOc1ccc([N+](=O)[O-])cn1. The molecule has 9 nitrogen and oxygen atoms in total. The summed E-state index contributed by atoms with van der Waals surface area (Å²) in [4.78, 5) is 29.2. The molecule has 0 aliphatic heterocycles. The maximum atomic E-state index is 11.2. The number of hydrogen-bond acceptors (Lipinski definition) is 8. The smallest absolute Gasteiger partial charge is 0.371 e. The fraction of sp³-hybridized carbons (Fsp3) is 0.200. The molecule has 0 aromatic carbocycles. The third kappa shape index (κ3) is 4.04. The van der Waals surface area contributed by atoms with Crippen molar-refractivity contribution in [3.05, 3.63) is 28.4 Å². The minimum absolute atomic E-state index is 0.0926. The number of hydrogen-bond donors (Lipinski definition) is 0. The molecular weight excluding hydrogens is 256 g/mol. The molecule has 19 heavy (non-hydrogen) atoms. The van der Waals surface area contributed by atoms with E-state index in [1.807, 2.05) is 0 Å². The summed E-state index contributed by atoms with van der Waals surface area (Å²) in [5.74, 6) is -1.02. The Morgan fingerprint density at radius 3 is 2.84 bits per heavy atom. The molecular formula is C10H8N4O5. The number of nitro groups is 1. The number of oxime groups is 1. The molecule has 0 aliphatic rings. The Morgan fingerprint density at radius 2 is 2.37 bits per heavy atom. The van der Waals surface area contributed by atoms with E-state index < -0.39 is 16.6 Å². The summed E-state index contributed by atoms with van der Waals surface area (Å²) in [6.45, 7) is 1.67. The summed E-state index contributed by atoms with van der Waals surface area (Å²) in [6.07, 6.45) is 0.960. The van der Waals surface area contributed by atoms with E-state index in [0.29, 0.717) is 0 Å². The zero-order chi connectivity index (χ0) is 14.3. The second kappa shape index (κ2) is 6.65. The zero-order valence-corrected chi connectivity index (χ0v) is 9.77. The first kappa shape index (κ1) is 14.0. The van der Waals surface area contributed by atoms with Gasteiger partial charge in [0.15, 0.2) is 0 Å². The van der Waals surface area contributed by atoms with E-state index in [4.69, 9.17) is 10.1 Å². The first-order valence-corrected chi connectivity index (χ1v) is 5.01. The van der Waals surface area contributed by atoms with E-state index in [0.717, 1.165) is 12.3 Å². The van der Waals surface area contributed by atoms with Crippen LogP contribution in [0.1, 0.15) is 6.92 Å². The van der Waals surface area contributed by atoms with Gasteiger partial charge in [-0.05, 0) is 6.92 Å². The van der Waals surface area contributed by atoms with Crippen molar-refractivity contribution in [2.24, 2.45) is 5.16 Å². The Labute approximate surface area is 107 Å². The number of nitriles is 1. The first-order valence-electron chi connectivity index (χ1n) is 5.01. The molecule has 9 heteroatoms. The lowest BCUT2D eigenvalue weighted by atomic mass is 10.4. The van der Waals surface area contributed by atoms with Gasteiger partial charge in [0.05, 0.1) is 11.5 Å². The highest BCUT2D eigenvalue weighted by molar-refractivity contribution is 6.42. The molecule has 0 amide bonds. The van der Waals surface area contributed by atoms with Crippen LogP contribution in [0.2, 0.25) is 0 Å². The average molecular weight is 264 g/mol. The first-order chi connectivity index (χ1) is 9.08. The minimum Gasteiger partial charge on any atom is -0.461 e. The molecule has 0 bridgehead atoms. The number of nitrogens with zero attached hydrogens (tertiary/aromatic N) is 4. The van der Waals surface area contributed by atoms with Gasteiger partial charge in [0.25, 0.3) is 11.4 Å². The Balaban J connectivity index is 2.76. The van der Waals surface area contributed by atoms with Gasteiger partial charge >= 0.3 is 5.97 Å². The normalized spacial score (nSPS) is 10.4.